The molecule has 0 saturated heterocycles. The van der Waals surface area contributed by atoms with Gasteiger partial charge in [-0.15, -0.1) is 22.7 Å². The minimum atomic E-state index is -0.269. The molecule has 1 fully saturated rings. The third-order valence-corrected chi connectivity index (χ3v) is 6.05. The lowest BCUT2D eigenvalue weighted by Gasteiger charge is -2.22. The van der Waals surface area contributed by atoms with E-state index >= 15 is 0 Å². The van der Waals surface area contributed by atoms with Crippen LogP contribution in [0.2, 0.25) is 0 Å². The number of nitrogens with zero attached hydrogens (tertiary/aromatic N) is 1. The van der Waals surface area contributed by atoms with Crippen LogP contribution >= 0.6 is 22.7 Å². The van der Waals surface area contributed by atoms with Gasteiger partial charge in [0, 0.05) is 23.1 Å². The molecule has 1 N–H and O–H groups in total. The van der Waals surface area contributed by atoms with Crippen molar-refractivity contribution in [3.63, 3.8) is 0 Å². The van der Waals surface area contributed by atoms with Crippen LogP contribution in [0.5, 0.6) is 0 Å². The summed E-state index contributed by atoms with van der Waals surface area (Å²) in [5.41, 5.74) is -0.197. The van der Waals surface area contributed by atoms with Crippen molar-refractivity contribution in [1.82, 2.24) is 9.97 Å². The predicted octanol–water partition coefficient (Wildman–Crippen LogP) is 2.25. The van der Waals surface area contributed by atoms with E-state index in [0.717, 1.165) is 9.88 Å². The number of carbonyl (C=O) groups excluding carboxylic acids is 1. The van der Waals surface area contributed by atoms with Crippen molar-refractivity contribution in [2.45, 2.75) is 25.2 Å². The third-order valence-electron chi connectivity index (χ3n) is 3.98. The molecule has 0 aromatic carbocycles. The van der Waals surface area contributed by atoms with Gasteiger partial charge in [0.1, 0.15) is 0 Å². The number of hydrogen-bond acceptors (Lipinski definition) is 6. The van der Waals surface area contributed by atoms with Gasteiger partial charge in [-0.1, -0.05) is 6.42 Å². The fourth-order valence-corrected chi connectivity index (χ4v) is 4.46. The molecule has 0 amide bonds. The van der Waals surface area contributed by atoms with Crippen LogP contribution in [-0.2, 0) is 0 Å². The lowest BCUT2D eigenvalue weighted by molar-refractivity contribution is 0.103. The molecule has 3 aromatic rings. The van der Waals surface area contributed by atoms with Crippen LogP contribution in [0, 0.1) is 0 Å². The van der Waals surface area contributed by atoms with E-state index in [1.54, 1.807) is 23.5 Å². The molecule has 7 heteroatoms. The van der Waals surface area contributed by atoms with E-state index in [2.05, 4.69) is 9.97 Å². The highest BCUT2D eigenvalue weighted by Gasteiger charge is 2.22. The first-order chi connectivity index (χ1) is 11.7. The Balaban J connectivity index is 1.64. The summed E-state index contributed by atoms with van der Waals surface area (Å²) in [7, 11) is 0. The second-order valence-electron chi connectivity index (χ2n) is 5.64. The number of thiazole rings is 2. The molecule has 3 heterocycles. The number of carbonyl (C=O) groups is 1. The van der Waals surface area contributed by atoms with Gasteiger partial charge >= 0.3 is 0 Å². The van der Waals surface area contributed by atoms with Crippen molar-refractivity contribution in [1.29, 1.82) is 0 Å². The number of nitrogens with one attached hydrogen (secondary N) is 1. The maximum Gasteiger partial charge on any atom is 0.266 e. The summed E-state index contributed by atoms with van der Waals surface area (Å²) in [6, 6.07) is 3.25. The van der Waals surface area contributed by atoms with Crippen LogP contribution in [0.4, 0.5) is 0 Å². The van der Waals surface area contributed by atoms with Gasteiger partial charge in [-0.05, 0) is 31.1 Å². The molecule has 4 rings (SSSR count). The number of furan rings is 1. The highest BCUT2D eigenvalue weighted by molar-refractivity contribution is 7.13. The Morgan fingerprint density at radius 1 is 1.38 bits per heavy atom. The molecule has 0 radical (unpaired) electrons. The van der Waals surface area contributed by atoms with Crippen molar-refractivity contribution in [3.05, 3.63) is 59.8 Å². The van der Waals surface area contributed by atoms with E-state index in [0.29, 0.717) is 15.1 Å². The minimum absolute atomic E-state index is 0.197. The SMILES string of the molecule is O=C(/C=c1/[nH]c(=O)/c(=C\c2cnc(C3CCC3)s2)s1)c1ccco1. The average molecular weight is 358 g/mol. The largest absolute Gasteiger partial charge is 0.461 e. The maximum absolute atomic E-state index is 12.1. The molecule has 0 atom stereocenters. The zero-order chi connectivity index (χ0) is 16.5. The van der Waals surface area contributed by atoms with Crippen LogP contribution in [0.15, 0.2) is 33.8 Å². The number of aromatic nitrogens is 2. The Hall–Kier alpha value is -2.25. The van der Waals surface area contributed by atoms with Crippen LogP contribution < -0.4 is 14.8 Å². The summed E-state index contributed by atoms with van der Waals surface area (Å²) in [4.78, 5) is 32.2. The van der Waals surface area contributed by atoms with Crippen molar-refractivity contribution >= 4 is 40.6 Å². The molecule has 0 unspecified atom stereocenters. The smallest absolute Gasteiger partial charge is 0.266 e. The van der Waals surface area contributed by atoms with Gasteiger partial charge in [-0.2, -0.15) is 0 Å². The predicted molar refractivity (Wildman–Crippen MR) is 94.0 cm³/mol. The summed E-state index contributed by atoms with van der Waals surface area (Å²) >= 11 is 2.89. The molecule has 0 aliphatic heterocycles. The van der Waals surface area contributed by atoms with Crippen LogP contribution in [0.25, 0.3) is 12.2 Å². The number of rotatable bonds is 4. The first-order valence-corrected chi connectivity index (χ1v) is 9.28. The monoisotopic (exact) mass is 358 g/mol. The summed E-state index contributed by atoms with van der Waals surface area (Å²) < 4.78 is 6.14. The van der Waals surface area contributed by atoms with Crippen molar-refractivity contribution in [2.75, 3.05) is 0 Å². The van der Waals surface area contributed by atoms with E-state index in [4.69, 9.17) is 4.42 Å². The highest BCUT2D eigenvalue weighted by Crippen LogP contribution is 2.38. The minimum Gasteiger partial charge on any atom is -0.461 e. The second-order valence-corrected chi connectivity index (χ2v) is 7.82. The van der Waals surface area contributed by atoms with Gasteiger partial charge in [0.25, 0.3) is 5.56 Å². The Kier molecular flexibility index (Phi) is 4.03. The maximum atomic E-state index is 12.1. The molecule has 3 aromatic heterocycles. The molecule has 0 spiro atoms. The Morgan fingerprint density at radius 3 is 2.96 bits per heavy atom. The molecule has 0 bridgehead atoms. The molecule has 122 valence electrons. The van der Waals surface area contributed by atoms with Crippen molar-refractivity contribution in [3.8, 4) is 0 Å². The Morgan fingerprint density at radius 2 is 2.25 bits per heavy atom. The van der Waals surface area contributed by atoms with Gasteiger partial charge in [-0.25, -0.2) is 4.98 Å². The van der Waals surface area contributed by atoms with Crippen LogP contribution in [0.1, 0.15) is 45.6 Å². The topological polar surface area (TPSA) is 76.0 Å². The zero-order valence-corrected chi connectivity index (χ0v) is 14.3. The van der Waals surface area contributed by atoms with Crippen molar-refractivity contribution < 1.29 is 9.21 Å². The van der Waals surface area contributed by atoms with E-state index in [-0.39, 0.29) is 17.1 Å². The summed E-state index contributed by atoms with van der Waals surface area (Å²) in [5, 5.41) is 1.15. The van der Waals surface area contributed by atoms with E-state index in [1.807, 2.05) is 12.3 Å². The van der Waals surface area contributed by atoms with E-state index in [9.17, 15) is 9.59 Å². The quantitative estimate of drug-likeness (QED) is 0.726. The summed E-state index contributed by atoms with van der Waals surface area (Å²) in [6.07, 6.45) is 10.2. The van der Waals surface area contributed by atoms with Crippen LogP contribution in [0.3, 0.4) is 0 Å². The molecular formula is C17H14N2O3S2. The number of ketones is 1. The summed E-state index contributed by atoms with van der Waals surface area (Å²) in [5.74, 6) is 0.574. The number of aromatic amines is 1. The van der Waals surface area contributed by atoms with Gasteiger partial charge in [0.2, 0.25) is 5.78 Å². The fraction of sp³-hybridized carbons (Fsp3) is 0.235. The first-order valence-electron chi connectivity index (χ1n) is 7.65. The molecule has 1 aliphatic rings. The molecule has 1 saturated carbocycles. The first kappa shape index (κ1) is 15.3. The number of hydrogen-bond donors (Lipinski definition) is 1. The summed E-state index contributed by atoms with van der Waals surface area (Å²) in [6.45, 7) is 0. The third kappa shape index (κ3) is 3.05. The zero-order valence-electron chi connectivity index (χ0n) is 12.7. The van der Waals surface area contributed by atoms with Crippen molar-refractivity contribution in [2.24, 2.45) is 0 Å². The Labute approximate surface area is 145 Å². The average Bonchev–Trinajstić information content (AvgIpc) is 3.20. The molecule has 5 nitrogen and oxygen atoms in total. The van der Waals surface area contributed by atoms with Gasteiger partial charge in [0.15, 0.2) is 5.76 Å². The number of Topliss-reactive ketones (excluding diaryl/α,β-unsaturated/α-hetero) is 1. The normalized spacial score (nSPS) is 16.5. The standard InChI is InChI=1S/C17H14N2O3S2/c20-12(13-5-2-6-22-13)8-15-19-16(21)14(24-15)7-11-9-18-17(23-11)10-3-1-4-10/h2,5-10H,1,3-4H2,(H,19,21)/b14-7+,15-8-. The molecule has 1 aliphatic carbocycles. The lowest BCUT2D eigenvalue weighted by Crippen LogP contribution is -2.19. The van der Waals surface area contributed by atoms with Gasteiger partial charge in [-0.3, -0.25) is 9.59 Å². The number of H-pyrrole nitrogens is 1. The lowest BCUT2D eigenvalue weighted by atomic mass is 9.86. The van der Waals surface area contributed by atoms with E-state index in [1.165, 1.54) is 42.9 Å². The second kappa shape index (κ2) is 6.33. The van der Waals surface area contributed by atoms with E-state index < -0.39 is 0 Å². The van der Waals surface area contributed by atoms with Crippen LogP contribution in [-0.4, -0.2) is 15.8 Å². The molecular weight excluding hydrogens is 344 g/mol. The fourth-order valence-electron chi connectivity index (χ4n) is 2.47. The Bertz CT molecular complexity index is 1040. The van der Waals surface area contributed by atoms with Gasteiger partial charge < -0.3 is 9.40 Å². The molecule has 24 heavy (non-hydrogen) atoms. The van der Waals surface area contributed by atoms with Gasteiger partial charge in [0.05, 0.1) is 20.5 Å². The highest BCUT2D eigenvalue weighted by atomic mass is 32.1.